The minimum absolute atomic E-state index is 0. The zero-order chi connectivity index (χ0) is 16.3. The predicted molar refractivity (Wildman–Crippen MR) is 96.4 cm³/mol. The molecule has 0 spiro atoms. The summed E-state index contributed by atoms with van der Waals surface area (Å²) in [6.45, 7) is 4.36. The summed E-state index contributed by atoms with van der Waals surface area (Å²) in [6.07, 6.45) is 3.67. The van der Waals surface area contributed by atoms with E-state index in [-0.39, 0.29) is 30.3 Å². The molecule has 1 unspecified atom stereocenters. The molecule has 2 aliphatic rings. The van der Waals surface area contributed by atoms with Gasteiger partial charge >= 0.3 is 0 Å². The fourth-order valence-corrected chi connectivity index (χ4v) is 3.58. The molecule has 0 aliphatic carbocycles. The summed E-state index contributed by atoms with van der Waals surface area (Å²) in [7, 11) is 0. The molecule has 2 atom stereocenters. The van der Waals surface area contributed by atoms with Gasteiger partial charge in [0.05, 0.1) is 0 Å². The SMILES string of the molecule is CC1(C(=O)N[C@H]2CCCNC2)CCCN1C(=O)c1ccccc1.Cl. The highest BCUT2D eigenvalue weighted by Gasteiger charge is 2.46. The second kappa shape index (κ2) is 7.99. The van der Waals surface area contributed by atoms with Gasteiger partial charge in [-0.05, 0) is 51.3 Å². The normalized spacial score (nSPS) is 26.5. The number of carbonyl (C=O) groups is 2. The first kappa shape index (κ1) is 18.7. The van der Waals surface area contributed by atoms with Gasteiger partial charge in [-0.3, -0.25) is 9.59 Å². The van der Waals surface area contributed by atoms with Crippen LogP contribution in [0.1, 0.15) is 43.0 Å². The van der Waals surface area contributed by atoms with Crippen LogP contribution < -0.4 is 10.6 Å². The van der Waals surface area contributed by atoms with Gasteiger partial charge in [0.1, 0.15) is 5.54 Å². The van der Waals surface area contributed by atoms with Gasteiger partial charge in [0.25, 0.3) is 5.91 Å². The molecule has 0 radical (unpaired) electrons. The molecule has 0 aromatic heterocycles. The highest BCUT2D eigenvalue weighted by atomic mass is 35.5. The van der Waals surface area contributed by atoms with Gasteiger partial charge in [0, 0.05) is 24.7 Å². The molecule has 6 heteroatoms. The quantitative estimate of drug-likeness (QED) is 0.875. The van der Waals surface area contributed by atoms with E-state index in [2.05, 4.69) is 10.6 Å². The molecule has 5 nitrogen and oxygen atoms in total. The van der Waals surface area contributed by atoms with Crippen LogP contribution in [0.25, 0.3) is 0 Å². The van der Waals surface area contributed by atoms with Gasteiger partial charge in [0.2, 0.25) is 5.91 Å². The zero-order valence-corrected chi connectivity index (χ0v) is 14.9. The van der Waals surface area contributed by atoms with Crippen LogP contribution in [0.4, 0.5) is 0 Å². The Balaban J connectivity index is 0.00000208. The Kier molecular flexibility index (Phi) is 6.24. The number of carbonyl (C=O) groups excluding carboxylic acids is 2. The fourth-order valence-electron chi connectivity index (χ4n) is 3.58. The monoisotopic (exact) mass is 351 g/mol. The van der Waals surface area contributed by atoms with Crippen molar-refractivity contribution < 1.29 is 9.59 Å². The number of piperidine rings is 1. The van der Waals surface area contributed by atoms with Gasteiger partial charge in [0.15, 0.2) is 0 Å². The second-order valence-corrected chi connectivity index (χ2v) is 6.72. The molecule has 132 valence electrons. The van der Waals surface area contributed by atoms with Gasteiger partial charge in [-0.25, -0.2) is 0 Å². The average Bonchev–Trinajstić information content (AvgIpc) is 2.99. The number of halogens is 1. The van der Waals surface area contributed by atoms with E-state index in [9.17, 15) is 9.59 Å². The smallest absolute Gasteiger partial charge is 0.254 e. The summed E-state index contributed by atoms with van der Waals surface area (Å²) >= 11 is 0. The Morgan fingerprint density at radius 3 is 2.67 bits per heavy atom. The van der Waals surface area contributed by atoms with Crippen molar-refractivity contribution in [3.63, 3.8) is 0 Å². The van der Waals surface area contributed by atoms with E-state index in [1.807, 2.05) is 37.3 Å². The molecule has 2 N–H and O–H groups in total. The van der Waals surface area contributed by atoms with E-state index in [1.165, 1.54) is 0 Å². The van der Waals surface area contributed by atoms with E-state index < -0.39 is 5.54 Å². The molecule has 1 aromatic carbocycles. The van der Waals surface area contributed by atoms with Crippen LogP contribution in [-0.2, 0) is 4.79 Å². The molecule has 2 fully saturated rings. The minimum atomic E-state index is -0.746. The number of benzene rings is 1. The van der Waals surface area contributed by atoms with Crippen molar-refractivity contribution in [1.82, 2.24) is 15.5 Å². The van der Waals surface area contributed by atoms with Crippen LogP contribution in [0.15, 0.2) is 30.3 Å². The molecule has 2 heterocycles. The lowest BCUT2D eigenvalue weighted by Crippen LogP contribution is -2.59. The van der Waals surface area contributed by atoms with Gasteiger partial charge in [-0.2, -0.15) is 0 Å². The maximum Gasteiger partial charge on any atom is 0.254 e. The topological polar surface area (TPSA) is 61.4 Å². The van der Waals surface area contributed by atoms with E-state index in [0.29, 0.717) is 12.1 Å². The lowest BCUT2D eigenvalue weighted by atomic mass is 9.95. The van der Waals surface area contributed by atoms with E-state index in [0.717, 1.165) is 38.8 Å². The number of nitrogens with one attached hydrogen (secondary N) is 2. The van der Waals surface area contributed by atoms with Gasteiger partial charge in [-0.1, -0.05) is 18.2 Å². The first-order valence-corrected chi connectivity index (χ1v) is 8.50. The summed E-state index contributed by atoms with van der Waals surface area (Å²) in [5, 5.41) is 6.45. The maximum atomic E-state index is 12.8. The molecule has 0 bridgehead atoms. The number of rotatable bonds is 3. The standard InChI is InChI=1S/C18H25N3O2.ClH/c1-18(17(23)20-15-9-5-11-19-13-15)10-6-12-21(18)16(22)14-7-3-2-4-8-14;/h2-4,7-8,15,19H,5-6,9-13H2,1H3,(H,20,23);1H/t15-,18?;/m0./s1. The number of likely N-dealkylation sites (tertiary alicyclic amines) is 1. The third kappa shape index (κ3) is 3.73. The molecular formula is C18H26ClN3O2. The zero-order valence-electron chi connectivity index (χ0n) is 14.1. The second-order valence-electron chi connectivity index (χ2n) is 6.72. The summed E-state index contributed by atoms with van der Waals surface area (Å²) in [4.78, 5) is 27.4. The fraction of sp³-hybridized carbons (Fsp3) is 0.556. The van der Waals surface area contributed by atoms with Crippen LogP contribution in [0.3, 0.4) is 0 Å². The van der Waals surface area contributed by atoms with Crippen LogP contribution >= 0.6 is 12.4 Å². The minimum Gasteiger partial charge on any atom is -0.350 e. The first-order chi connectivity index (χ1) is 11.1. The van der Waals surface area contributed by atoms with Crippen molar-refractivity contribution in [2.75, 3.05) is 19.6 Å². The molecule has 3 rings (SSSR count). The molecule has 0 saturated carbocycles. The van der Waals surface area contributed by atoms with Crippen LogP contribution in [0, 0.1) is 0 Å². The van der Waals surface area contributed by atoms with Crippen LogP contribution in [-0.4, -0.2) is 47.9 Å². The Hall–Kier alpha value is -1.59. The predicted octanol–water partition coefficient (Wildman–Crippen LogP) is 1.97. The lowest BCUT2D eigenvalue weighted by molar-refractivity contribution is -0.130. The third-order valence-corrected chi connectivity index (χ3v) is 5.03. The summed E-state index contributed by atoms with van der Waals surface area (Å²) in [6, 6.07) is 9.39. The number of hydrogen-bond donors (Lipinski definition) is 2. The molecule has 2 saturated heterocycles. The highest BCUT2D eigenvalue weighted by molar-refractivity contribution is 5.99. The maximum absolute atomic E-state index is 12.8. The molecule has 2 amide bonds. The lowest BCUT2D eigenvalue weighted by Gasteiger charge is -2.36. The third-order valence-electron chi connectivity index (χ3n) is 5.03. The largest absolute Gasteiger partial charge is 0.350 e. The van der Waals surface area contributed by atoms with E-state index in [1.54, 1.807) is 4.90 Å². The van der Waals surface area contributed by atoms with Gasteiger partial charge < -0.3 is 15.5 Å². The van der Waals surface area contributed by atoms with Crippen molar-refractivity contribution in [3.05, 3.63) is 35.9 Å². The molecule has 2 aliphatic heterocycles. The van der Waals surface area contributed by atoms with Gasteiger partial charge in [-0.15, -0.1) is 12.4 Å². The van der Waals surface area contributed by atoms with Crippen molar-refractivity contribution in [1.29, 1.82) is 0 Å². The first-order valence-electron chi connectivity index (χ1n) is 8.50. The highest BCUT2D eigenvalue weighted by Crippen LogP contribution is 2.31. The van der Waals surface area contributed by atoms with Crippen LogP contribution in [0.2, 0.25) is 0 Å². The van der Waals surface area contributed by atoms with Crippen molar-refractivity contribution in [3.8, 4) is 0 Å². The number of nitrogens with zero attached hydrogens (tertiary/aromatic N) is 1. The Morgan fingerprint density at radius 2 is 2.00 bits per heavy atom. The molecule has 1 aromatic rings. The van der Waals surface area contributed by atoms with Crippen molar-refractivity contribution in [2.45, 2.75) is 44.2 Å². The van der Waals surface area contributed by atoms with E-state index >= 15 is 0 Å². The van der Waals surface area contributed by atoms with Crippen molar-refractivity contribution >= 4 is 24.2 Å². The number of hydrogen-bond acceptors (Lipinski definition) is 3. The van der Waals surface area contributed by atoms with E-state index in [4.69, 9.17) is 0 Å². The Bertz CT molecular complexity index is 575. The molecule has 24 heavy (non-hydrogen) atoms. The Labute approximate surface area is 149 Å². The summed E-state index contributed by atoms with van der Waals surface area (Å²) in [5.74, 6) is -0.0736. The van der Waals surface area contributed by atoms with Crippen molar-refractivity contribution in [2.24, 2.45) is 0 Å². The molecular weight excluding hydrogens is 326 g/mol. The summed E-state index contributed by atoms with van der Waals surface area (Å²) in [5.41, 5.74) is -0.0996. The Morgan fingerprint density at radius 1 is 1.25 bits per heavy atom. The summed E-state index contributed by atoms with van der Waals surface area (Å²) < 4.78 is 0. The number of amides is 2. The average molecular weight is 352 g/mol. The van der Waals surface area contributed by atoms with Crippen LogP contribution in [0.5, 0.6) is 0 Å².